The number of thioether (sulfide) groups is 1. The minimum Gasteiger partial charge on any atom is -0.451 e. The standard InChI is InChI=1S/C19H15N5O4S2/c1-11-20-23-19(30-11)29-10-13-12-6-2-5-9-16(12)28-17(13)18(25)22-21-14-7-3-4-8-15(14)24(26)27/h2-9,21H,10H2,1H3,(H,22,25). The van der Waals surface area contributed by atoms with Gasteiger partial charge in [0.25, 0.3) is 5.69 Å². The molecule has 0 fully saturated rings. The summed E-state index contributed by atoms with van der Waals surface area (Å²) in [6.07, 6.45) is 0. The molecule has 0 bridgehead atoms. The summed E-state index contributed by atoms with van der Waals surface area (Å²) in [5.74, 6) is 0.0595. The molecule has 0 radical (unpaired) electrons. The number of aromatic nitrogens is 2. The molecule has 0 aliphatic rings. The molecule has 4 rings (SSSR count). The minimum atomic E-state index is -0.534. The van der Waals surface area contributed by atoms with E-state index < -0.39 is 10.8 Å². The molecule has 0 aliphatic carbocycles. The molecule has 0 spiro atoms. The van der Waals surface area contributed by atoms with E-state index in [1.807, 2.05) is 25.1 Å². The molecule has 2 N–H and O–H groups in total. The number of para-hydroxylation sites is 3. The van der Waals surface area contributed by atoms with Gasteiger partial charge in [-0.15, -0.1) is 10.2 Å². The maximum atomic E-state index is 12.8. The van der Waals surface area contributed by atoms with Crippen LogP contribution in [0, 0.1) is 17.0 Å². The number of aryl methyl sites for hydroxylation is 1. The predicted molar refractivity (Wildman–Crippen MR) is 115 cm³/mol. The van der Waals surface area contributed by atoms with Crippen LogP contribution in [0.15, 0.2) is 57.3 Å². The Hall–Kier alpha value is -3.44. The number of nitrogens with one attached hydrogen (secondary N) is 2. The maximum absolute atomic E-state index is 12.8. The van der Waals surface area contributed by atoms with Gasteiger partial charge in [-0.3, -0.25) is 25.8 Å². The number of hydrogen-bond donors (Lipinski definition) is 2. The number of hydrazine groups is 1. The lowest BCUT2D eigenvalue weighted by Gasteiger charge is -2.08. The van der Waals surface area contributed by atoms with Gasteiger partial charge in [0.15, 0.2) is 10.1 Å². The number of rotatable bonds is 7. The first kappa shape index (κ1) is 19.9. The number of carbonyl (C=O) groups is 1. The number of nitrogens with zero attached hydrogens (tertiary/aromatic N) is 3. The Morgan fingerprint density at radius 3 is 2.73 bits per heavy atom. The summed E-state index contributed by atoms with van der Waals surface area (Å²) in [5.41, 5.74) is 6.42. The van der Waals surface area contributed by atoms with E-state index in [2.05, 4.69) is 21.0 Å². The van der Waals surface area contributed by atoms with E-state index in [1.54, 1.807) is 18.2 Å². The lowest BCUT2D eigenvalue weighted by Crippen LogP contribution is -2.30. The van der Waals surface area contributed by atoms with Crippen LogP contribution in [0.5, 0.6) is 0 Å². The smallest absolute Gasteiger partial charge is 0.305 e. The van der Waals surface area contributed by atoms with Crippen LogP contribution in [0.2, 0.25) is 0 Å². The summed E-state index contributed by atoms with van der Waals surface area (Å²) >= 11 is 2.94. The molecule has 9 nitrogen and oxygen atoms in total. The first-order valence-corrected chi connectivity index (χ1v) is 10.6. The number of amides is 1. The second-order valence-electron chi connectivity index (χ2n) is 6.13. The van der Waals surface area contributed by atoms with Gasteiger partial charge in [-0.2, -0.15) is 0 Å². The average molecular weight is 441 g/mol. The molecule has 2 aromatic carbocycles. The Labute approximate surface area is 178 Å². The zero-order chi connectivity index (χ0) is 21.1. The van der Waals surface area contributed by atoms with Gasteiger partial charge in [-0.25, -0.2) is 0 Å². The third kappa shape index (κ3) is 4.11. The molecule has 30 heavy (non-hydrogen) atoms. The van der Waals surface area contributed by atoms with E-state index in [-0.39, 0.29) is 17.1 Å². The highest BCUT2D eigenvalue weighted by molar-refractivity contribution is 8.00. The lowest BCUT2D eigenvalue weighted by molar-refractivity contribution is -0.384. The third-order valence-electron chi connectivity index (χ3n) is 4.16. The zero-order valence-electron chi connectivity index (χ0n) is 15.6. The van der Waals surface area contributed by atoms with Crippen LogP contribution in [-0.2, 0) is 5.75 Å². The van der Waals surface area contributed by atoms with Gasteiger partial charge >= 0.3 is 5.91 Å². The van der Waals surface area contributed by atoms with Crippen molar-refractivity contribution in [3.05, 3.63) is 75.0 Å². The van der Waals surface area contributed by atoms with Crippen LogP contribution in [-0.4, -0.2) is 21.0 Å². The Morgan fingerprint density at radius 1 is 1.20 bits per heavy atom. The van der Waals surface area contributed by atoms with E-state index in [0.717, 1.165) is 14.7 Å². The molecule has 0 saturated heterocycles. The fourth-order valence-electron chi connectivity index (χ4n) is 2.82. The van der Waals surface area contributed by atoms with Crippen LogP contribution >= 0.6 is 23.1 Å². The van der Waals surface area contributed by atoms with Crippen molar-refractivity contribution in [2.75, 3.05) is 5.43 Å². The fourth-order valence-corrected chi connectivity index (χ4v) is 4.66. The number of nitro groups is 1. The number of hydrogen-bond acceptors (Lipinski definition) is 9. The maximum Gasteiger partial charge on any atom is 0.305 e. The molecule has 152 valence electrons. The van der Waals surface area contributed by atoms with Gasteiger partial charge in [0.1, 0.15) is 16.3 Å². The number of anilines is 1. The summed E-state index contributed by atoms with van der Waals surface area (Å²) in [6.45, 7) is 1.88. The third-order valence-corrected chi connectivity index (χ3v) is 6.16. The SMILES string of the molecule is Cc1nnc(SCc2c(C(=O)NNc3ccccc3[N+](=O)[O-])oc3ccccc23)s1. The molecule has 0 atom stereocenters. The highest BCUT2D eigenvalue weighted by Gasteiger charge is 2.22. The molecule has 4 aromatic rings. The highest BCUT2D eigenvalue weighted by Crippen LogP contribution is 2.33. The first-order valence-electron chi connectivity index (χ1n) is 8.76. The Kier molecular flexibility index (Phi) is 5.63. The fraction of sp³-hybridized carbons (Fsp3) is 0.105. The van der Waals surface area contributed by atoms with E-state index in [1.165, 1.54) is 35.2 Å². The van der Waals surface area contributed by atoms with E-state index in [4.69, 9.17) is 4.42 Å². The molecule has 0 aliphatic heterocycles. The summed E-state index contributed by atoms with van der Waals surface area (Å²) in [4.78, 5) is 23.5. The molecule has 0 saturated carbocycles. The zero-order valence-corrected chi connectivity index (χ0v) is 17.3. The number of benzene rings is 2. The monoisotopic (exact) mass is 441 g/mol. The van der Waals surface area contributed by atoms with Crippen LogP contribution in [0.4, 0.5) is 11.4 Å². The number of fused-ring (bicyclic) bond motifs is 1. The van der Waals surface area contributed by atoms with Gasteiger partial charge in [-0.05, 0) is 19.1 Å². The Morgan fingerprint density at radius 2 is 1.97 bits per heavy atom. The highest BCUT2D eigenvalue weighted by atomic mass is 32.2. The van der Waals surface area contributed by atoms with E-state index in [9.17, 15) is 14.9 Å². The van der Waals surface area contributed by atoms with Crippen molar-refractivity contribution in [3.63, 3.8) is 0 Å². The van der Waals surface area contributed by atoms with Crippen LogP contribution in [0.1, 0.15) is 21.1 Å². The Bertz CT molecular complexity index is 1240. The Balaban J connectivity index is 1.58. The molecule has 1 amide bonds. The summed E-state index contributed by atoms with van der Waals surface area (Å²) in [5, 5.41) is 20.9. The van der Waals surface area contributed by atoms with Crippen molar-refractivity contribution in [1.82, 2.24) is 15.6 Å². The summed E-state index contributed by atoms with van der Waals surface area (Å²) in [6, 6.07) is 13.4. The molecular weight excluding hydrogens is 426 g/mol. The normalized spacial score (nSPS) is 10.8. The molecule has 2 heterocycles. The lowest BCUT2D eigenvalue weighted by atomic mass is 10.1. The van der Waals surface area contributed by atoms with Crippen LogP contribution < -0.4 is 10.9 Å². The van der Waals surface area contributed by atoms with Crippen molar-refractivity contribution >= 4 is 51.3 Å². The predicted octanol–water partition coefficient (Wildman–Crippen LogP) is 4.55. The quantitative estimate of drug-likeness (QED) is 0.243. The van der Waals surface area contributed by atoms with E-state index in [0.29, 0.717) is 16.9 Å². The van der Waals surface area contributed by atoms with Crippen molar-refractivity contribution in [1.29, 1.82) is 0 Å². The molecule has 2 aromatic heterocycles. The molecule has 11 heteroatoms. The van der Waals surface area contributed by atoms with Crippen LogP contribution in [0.25, 0.3) is 11.0 Å². The summed E-state index contributed by atoms with van der Waals surface area (Å²) < 4.78 is 6.58. The first-order chi connectivity index (χ1) is 14.5. The van der Waals surface area contributed by atoms with Gasteiger partial charge < -0.3 is 4.42 Å². The largest absolute Gasteiger partial charge is 0.451 e. The van der Waals surface area contributed by atoms with Crippen LogP contribution in [0.3, 0.4) is 0 Å². The van der Waals surface area contributed by atoms with Gasteiger partial charge in [-0.1, -0.05) is 53.4 Å². The summed E-state index contributed by atoms with van der Waals surface area (Å²) in [7, 11) is 0. The van der Waals surface area contributed by atoms with Crippen molar-refractivity contribution in [3.8, 4) is 0 Å². The van der Waals surface area contributed by atoms with Crippen molar-refractivity contribution in [2.24, 2.45) is 0 Å². The number of nitro benzene ring substituents is 1. The second-order valence-corrected chi connectivity index (χ2v) is 8.54. The van der Waals surface area contributed by atoms with Crippen molar-refractivity contribution in [2.45, 2.75) is 17.0 Å². The van der Waals surface area contributed by atoms with Gasteiger partial charge in [0, 0.05) is 22.8 Å². The topological polar surface area (TPSA) is 123 Å². The van der Waals surface area contributed by atoms with Gasteiger partial charge in [0.2, 0.25) is 0 Å². The second kappa shape index (κ2) is 8.51. The van der Waals surface area contributed by atoms with Gasteiger partial charge in [0.05, 0.1) is 4.92 Å². The van der Waals surface area contributed by atoms with E-state index >= 15 is 0 Å². The number of carbonyl (C=O) groups excluding carboxylic acids is 1. The minimum absolute atomic E-state index is 0.135. The number of furan rings is 1. The van der Waals surface area contributed by atoms with Crippen molar-refractivity contribution < 1.29 is 14.1 Å². The molecule has 0 unspecified atom stereocenters. The molecular formula is C19H15N5O4S2. The average Bonchev–Trinajstić information content (AvgIpc) is 3.33.